The summed E-state index contributed by atoms with van der Waals surface area (Å²) in [5.41, 5.74) is 5.77. The molecule has 0 bridgehead atoms. The molecular weight excluding hydrogens is 438 g/mol. The molecule has 7 nitrogen and oxygen atoms in total. The van der Waals surface area contributed by atoms with Gasteiger partial charge in [-0.25, -0.2) is 4.98 Å². The van der Waals surface area contributed by atoms with Gasteiger partial charge in [-0.1, -0.05) is 11.8 Å². The molecule has 5 rings (SSSR count). The zero-order valence-electron chi connectivity index (χ0n) is 19.5. The maximum absolute atomic E-state index is 13.2. The second kappa shape index (κ2) is 8.91. The summed E-state index contributed by atoms with van der Waals surface area (Å²) in [4.78, 5) is 18.0. The topological polar surface area (TPSA) is 67.5 Å². The predicted octanol–water partition coefficient (Wildman–Crippen LogP) is 4.79. The minimum atomic E-state index is 0.0991. The van der Waals surface area contributed by atoms with Crippen molar-refractivity contribution in [1.82, 2.24) is 14.1 Å². The third-order valence-electron chi connectivity index (χ3n) is 6.51. The molecule has 0 N–H and O–H groups in total. The molecule has 2 aliphatic rings. The highest BCUT2D eigenvalue weighted by molar-refractivity contribution is 7.99. The number of aromatic nitrogens is 3. The average molecular weight is 468 g/mol. The van der Waals surface area contributed by atoms with Crippen LogP contribution in [0.3, 0.4) is 0 Å². The van der Waals surface area contributed by atoms with E-state index in [1.165, 1.54) is 11.8 Å². The third-order valence-corrected chi connectivity index (χ3v) is 7.49. The van der Waals surface area contributed by atoms with Gasteiger partial charge >= 0.3 is 0 Å². The molecule has 3 aromatic rings. The maximum Gasteiger partial charge on any atom is 0.231 e. The van der Waals surface area contributed by atoms with Crippen molar-refractivity contribution in [3.8, 4) is 17.2 Å². The maximum atomic E-state index is 13.2. The molecule has 0 amide bonds. The van der Waals surface area contributed by atoms with Gasteiger partial charge in [-0.2, -0.15) is 0 Å². The summed E-state index contributed by atoms with van der Waals surface area (Å²) in [5.74, 6) is 1.92. The van der Waals surface area contributed by atoms with Crippen LogP contribution in [0.2, 0.25) is 0 Å². The van der Waals surface area contributed by atoms with E-state index in [0.29, 0.717) is 5.75 Å². The SMILES string of the molecule is Cc1nc(SCC(=O)c2cc(C)n(-c3ccc4c(c3)OCO4)c2C)n(C[C@H]2CCCO2)c1C. The Hall–Kier alpha value is -2.71. The molecule has 8 heteroatoms. The lowest BCUT2D eigenvalue weighted by atomic mass is 10.2. The van der Waals surface area contributed by atoms with Crippen LogP contribution in [0.15, 0.2) is 29.4 Å². The van der Waals surface area contributed by atoms with Crippen molar-refractivity contribution in [2.75, 3.05) is 19.2 Å². The number of imidazole rings is 1. The first-order valence-corrected chi connectivity index (χ1v) is 12.3. The van der Waals surface area contributed by atoms with E-state index in [1.807, 2.05) is 45.0 Å². The number of ketones is 1. The second-order valence-corrected chi connectivity index (χ2v) is 9.62. The van der Waals surface area contributed by atoms with Gasteiger partial charge in [0, 0.05) is 41.0 Å². The number of aryl methyl sites for hydroxylation is 2. The van der Waals surface area contributed by atoms with Gasteiger partial charge in [0.1, 0.15) is 0 Å². The van der Waals surface area contributed by atoms with Gasteiger partial charge in [-0.15, -0.1) is 0 Å². The van der Waals surface area contributed by atoms with Crippen molar-refractivity contribution in [2.45, 2.75) is 58.3 Å². The lowest BCUT2D eigenvalue weighted by molar-refractivity contribution is 0.0945. The molecule has 33 heavy (non-hydrogen) atoms. The number of rotatable bonds is 7. The first kappa shape index (κ1) is 22.1. The first-order chi connectivity index (χ1) is 15.9. The minimum absolute atomic E-state index is 0.0991. The van der Waals surface area contributed by atoms with Crippen LogP contribution in [-0.4, -0.2) is 45.2 Å². The second-order valence-electron chi connectivity index (χ2n) is 8.68. The van der Waals surface area contributed by atoms with E-state index in [4.69, 9.17) is 19.2 Å². The van der Waals surface area contributed by atoms with Crippen LogP contribution in [0, 0.1) is 27.7 Å². The molecule has 1 atom stereocenters. The van der Waals surface area contributed by atoms with Crippen LogP contribution in [-0.2, 0) is 11.3 Å². The number of benzene rings is 1. The van der Waals surface area contributed by atoms with Crippen molar-refractivity contribution in [1.29, 1.82) is 0 Å². The van der Waals surface area contributed by atoms with Gasteiger partial charge in [0.15, 0.2) is 22.4 Å². The van der Waals surface area contributed by atoms with E-state index in [2.05, 4.69) is 16.1 Å². The minimum Gasteiger partial charge on any atom is -0.454 e. The molecule has 0 spiro atoms. The van der Waals surface area contributed by atoms with Crippen LogP contribution in [0.25, 0.3) is 5.69 Å². The Morgan fingerprint density at radius 1 is 1.12 bits per heavy atom. The third kappa shape index (κ3) is 4.17. The van der Waals surface area contributed by atoms with Crippen molar-refractivity contribution in [3.05, 3.63) is 52.6 Å². The zero-order valence-corrected chi connectivity index (χ0v) is 20.3. The summed E-state index contributed by atoms with van der Waals surface area (Å²) < 4.78 is 21.1. The monoisotopic (exact) mass is 467 g/mol. The molecule has 4 heterocycles. The standard InChI is InChI=1S/C25H29N3O4S/c1-15-10-21(18(4)28(15)19-7-8-23-24(11-19)32-14-31-23)22(29)13-33-25-26-16(2)17(3)27(25)12-20-6-5-9-30-20/h7-8,10-11,20H,5-6,9,12-14H2,1-4H3/t20-/m1/s1. The van der Waals surface area contributed by atoms with Gasteiger partial charge in [0.05, 0.1) is 24.1 Å². The highest BCUT2D eigenvalue weighted by Crippen LogP contribution is 2.35. The van der Waals surface area contributed by atoms with Gasteiger partial charge in [-0.05, 0) is 58.7 Å². The van der Waals surface area contributed by atoms with E-state index < -0.39 is 0 Å². The number of nitrogens with zero attached hydrogens (tertiary/aromatic N) is 3. The van der Waals surface area contributed by atoms with E-state index in [-0.39, 0.29) is 18.7 Å². The Morgan fingerprint density at radius 2 is 1.94 bits per heavy atom. The lowest BCUT2D eigenvalue weighted by Gasteiger charge is -2.14. The molecule has 2 aromatic heterocycles. The number of thioether (sulfide) groups is 1. The number of fused-ring (bicyclic) bond motifs is 1. The number of Topliss-reactive ketones (excluding diaryl/α,β-unsaturated/α-hetero) is 1. The van der Waals surface area contributed by atoms with Crippen LogP contribution < -0.4 is 9.47 Å². The normalized spacial score (nSPS) is 17.2. The van der Waals surface area contributed by atoms with Crippen LogP contribution in [0.5, 0.6) is 11.5 Å². The molecule has 0 saturated carbocycles. The highest BCUT2D eigenvalue weighted by atomic mass is 32.2. The van der Waals surface area contributed by atoms with Gasteiger partial charge in [0.25, 0.3) is 0 Å². The Bertz CT molecular complexity index is 1210. The molecule has 0 radical (unpaired) electrons. The fourth-order valence-electron chi connectivity index (χ4n) is 4.62. The van der Waals surface area contributed by atoms with Crippen LogP contribution in [0.4, 0.5) is 0 Å². The van der Waals surface area contributed by atoms with Gasteiger partial charge in [-0.3, -0.25) is 4.79 Å². The first-order valence-electron chi connectivity index (χ1n) is 11.3. The zero-order chi connectivity index (χ0) is 23.1. The molecular formula is C25H29N3O4S. The number of hydrogen-bond donors (Lipinski definition) is 0. The Labute approximate surface area is 198 Å². The van der Waals surface area contributed by atoms with Crippen molar-refractivity contribution >= 4 is 17.5 Å². The summed E-state index contributed by atoms with van der Waals surface area (Å²) in [5, 5.41) is 0.887. The Morgan fingerprint density at radius 3 is 2.73 bits per heavy atom. The lowest BCUT2D eigenvalue weighted by Crippen LogP contribution is -2.17. The fourth-order valence-corrected chi connectivity index (χ4v) is 5.60. The van der Waals surface area contributed by atoms with Crippen molar-refractivity contribution < 1.29 is 19.0 Å². The van der Waals surface area contributed by atoms with Gasteiger partial charge in [0.2, 0.25) is 6.79 Å². The van der Waals surface area contributed by atoms with Gasteiger partial charge < -0.3 is 23.3 Å². The summed E-state index contributed by atoms with van der Waals surface area (Å²) in [6.07, 6.45) is 2.41. The van der Waals surface area contributed by atoms with E-state index >= 15 is 0 Å². The van der Waals surface area contributed by atoms with Crippen molar-refractivity contribution in [2.24, 2.45) is 0 Å². The summed E-state index contributed by atoms with van der Waals surface area (Å²) >= 11 is 1.51. The van der Waals surface area contributed by atoms with E-state index in [1.54, 1.807) is 0 Å². The summed E-state index contributed by atoms with van der Waals surface area (Å²) in [7, 11) is 0. The number of carbonyl (C=O) groups is 1. The van der Waals surface area contributed by atoms with Crippen molar-refractivity contribution in [3.63, 3.8) is 0 Å². The van der Waals surface area contributed by atoms with Crippen LogP contribution >= 0.6 is 11.8 Å². The molecule has 1 fully saturated rings. The summed E-state index contributed by atoms with van der Waals surface area (Å²) in [6.45, 7) is 9.98. The fraction of sp³-hybridized carbons (Fsp3) is 0.440. The van der Waals surface area contributed by atoms with Crippen LogP contribution in [0.1, 0.15) is 46.0 Å². The molecule has 0 unspecified atom stereocenters. The Balaban J connectivity index is 1.34. The molecule has 2 aliphatic heterocycles. The van der Waals surface area contributed by atoms with E-state index in [9.17, 15) is 4.79 Å². The largest absolute Gasteiger partial charge is 0.454 e. The quantitative estimate of drug-likeness (QED) is 0.368. The highest BCUT2D eigenvalue weighted by Gasteiger charge is 2.23. The Kier molecular flexibility index (Phi) is 5.97. The molecule has 174 valence electrons. The number of carbonyl (C=O) groups excluding carboxylic acids is 1. The molecule has 1 saturated heterocycles. The smallest absolute Gasteiger partial charge is 0.231 e. The summed E-state index contributed by atoms with van der Waals surface area (Å²) in [6, 6.07) is 7.83. The average Bonchev–Trinajstić information content (AvgIpc) is 3.57. The number of hydrogen-bond acceptors (Lipinski definition) is 6. The van der Waals surface area contributed by atoms with E-state index in [0.717, 1.165) is 76.7 Å². The molecule has 1 aromatic carbocycles. The number of ether oxygens (including phenoxy) is 3. The molecule has 0 aliphatic carbocycles. The predicted molar refractivity (Wildman–Crippen MR) is 127 cm³/mol.